The molecular weight excluding hydrogens is 339 g/mol. The molecule has 0 atom stereocenters. The van der Waals surface area contributed by atoms with Gasteiger partial charge in [-0.2, -0.15) is 0 Å². The van der Waals surface area contributed by atoms with Gasteiger partial charge in [0.05, 0.1) is 13.1 Å². The van der Waals surface area contributed by atoms with Crippen LogP contribution in [0, 0.1) is 0 Å². The highest BCUT2D eigenvalue weighted by Crippen LogP contribution is 2.23. The van der Waals surface area contributed by atoms with Crippen LogP contribution in [0.1, 0.15) is 5.56 Å². The number of carbonyl (C=O) groups is 1. The first-order valence-electron chi connectivity index (χ1n) is 6.88. The minimum Gasteiger partial charge on any atom is -1.00 e. The topological polar surface area (TPSA) is 81.7 Å². The Balaban J connectivity index is 0.00000192. The van der Waals surface area contributed by atoms with Crippen LogP contribution in [0.4, 0.5) is 22.1 Å². The van der Waals surface area contributed by atoms with Gasteiger partial charge in [-0.3, -0.25) is 4.90 Å². The number of nitrogens with one attached hydrogen (secondary N) is 2. The molecule has 1 aromatic heterocycles. The Kier molecular flexibility index (Phi) is 5.52. The predicted molar refractivity (Wildman–Crippen MR) is 84.9 cm³/mol. The highest BCUT2D eigenvalue weighted by atomic mass is 35.5. The first kappa shape index (κ1) is 17.2. The summed E-state index contributed by atoms with van der Waals surface area (Å²) in [5.41, 5.74) is 7.71. The van der Waals surface area contributed by atoms with Crippen molar-refractivity contribution in [2.24, 2.45) is 0 Å². The number of rotatable bonds is 4. The number of nitrogens with zero attached hydrogens (tertiary/aromatic N) is 1. The molecule has 1 aromatic carbocycles. The Labute approximate surface area is 145 Å². The summed E-state index contributed by atoms with van der Waals surface area (Å²) >= 11 is 5.86. The number of hydrogen-bond acceptors (Lipinski definition) is 4. The van der Waals surface area contributed by atoms with E-state index in [1.165, 1.54) is 4.90 Å². The van der Waals surface area contributed by atoms with Crippen molar-refractivity contribution in [3.05, 3.63) is 47.0 Å². The lowest BCUT2D eigenvalue weighted by atomic mass is 10.2. The monoisotopic (exact) mass is 354 g/mol. The van der Waals surface area contributed by atoms with E-state index >= 15 is 0 Å². The number of carbonyl (C=O) groups excluding carboxylic acids is 1. The molecule has 1 amide bonds. The van der Waals surface area contributed by atoms with Crippen LogP contribution in [0.15, 0.2) is 36.4 Å². The van der Waals surface area contributed by atoms with E-state index in [9.17, 15) is 4.79 Å². The van der Waals surface area contributed by atoms with Gasteiger partial charge in [0.15, 0.2) is 0 Å². The highest BCUT2D eigenvalue weighted by molar-refractivity contribution is 6.30. The number of ether oxygens (including phenoxy) is 1. The number of nitrogen functional groups attached to an aromatic ring is 1. The van der Waals surface area contributed by atoms with Crippen LogP contribution in [0.25, 0.3) is 0 Å². The summed E-state index contributed by atoms with van der Waals surface area (Å²) in [6.07, 6.45) is -0.373. The fourth-order valence-corrected chi connectivity index (χ4v) is 2.38. The summed E-state index contributed by atoms with van der Waals surface area (Å²) in [5.74, 6) is 1.18. The molecule has 2 heterocycles. The molecule has 4 N–H and O–H groups in total. The Hall–Kier alpha value is -2.18. The second-order valence-electron chi connectivity index (χ2n) is 4.92. The third-order valence-corrected chi connectivity index (χ3v) is 3.65. The van der Waals surface area contributed by atoms with Crippen molar-refractivity contribution < 1.29 is 26.9 Å². The van der Waals surface area contributed by atoms with Crippen molar-refractivity contribution in [2.45, 2.75) is 6.54 Å². The molecule has 0 spiro atoms. The summed E-state index contributed by atoms with van der Waals surface area (Å²) in [5, 5.41) is 3.95. The summed E-state index contributed by atoms with van der Waals surface area (Å²) in [7, 11) is 0. The second kappa shape index (κ2) is 7.39. The van der Waals surface area contributed by atoms with Crippen LogP contribution in [0.2, 0.25) is 5.02 Å². The Morgan fingerprint density at radius 1 is 1.26 bits per heavy atom. The molecule has 1 saturated heterocycles. The Bertz CT molecular complexity index is 694. The van der Waals surface area contributed by atoms with Crippen molar-refractivity contribution in [3.63, 3.8) is 0 Å². The first-order chi connectivity index (χ1) is 10.6. The molecular formula is C15H16Cl2N4O2. The number of pyridine rings is 1. The first-order valence-corrected chi connectivity index (χ1v) is 7.26. The van der Waals surface area contributed by atoms with E-state index in [0.29, 0.717) is 36.2 Å². The standard InChI is InChI=1S/C15H15ClN4O2.ClH/c16-11-3-1-10(2-4-11)9-18-13-6-5-12(14(17)19-13)20-7-8-22-15(20)21;/h1-6H,7-9H2,(H3,17,18,19);1H. The van der Waals surface area contributed by atoms with Crippen LogP contribution in [0.5, 0.6) is 0 Å². The van der Waals surface area contributed by atoms with Crippen LogP contribution in [-0.4, -0.2) is 19.2 Å². The molecule has 0 aliphatic carbocycles. The van der Waals surface area contributed by atoms with Gasteiger partial charge >= 0.3 is 6.09 Å². The van der Waals surface area contributed by atoms with Crippen molar-refractivity contribution in [1.82, 2.24) is 0 Å². The third-order valence-electron chi connectivity index (χ3n) is 3.40. The van der Waals surface area contributed by atoms with Gasteiger partial charge in [0.1, 0.15) is 12.3 Å². The van der Waals surface area contributed by atoms with Crippen molar-refractivity contribution >= 4 is 35.0 Å². The third kappa shape index (κ3) is 3.97. The van der Waals surface area contributed by atoms with Gasteiger partial charge in [-0.1, -0.05) is 23.7 Å². The minimum absolute atomic E-state index is 0. The lowest BCUT2D eigenvalue weighted by Crippen LogP contribution is -3.00. The maximum Gasteiger partial charge on any atom is 0.414 e. The van der Waals surface area contributed by atoms with Crippen LogP contribution >= 0.6 is 11.6 Å². The summed E-state index contributed by atoms with van der Waals surface area (Å²) in [4.78, 5) is 16.1. The molecule has 2 aromatic rings. The van der Waals surface area contributed by atoms with Gasteiger partial charge < -0.3 is 28.2 Å². The van der Waals surface area contributed by atoms with E-state index in [1.807, 2.05) is 30.3 Å². The predicted octanol–water partition coefficient (Wildman–Crippen LogP) is -0.691. The largest absolute Gasteiger partial charge is 1.00 e. The normalized spacial score (nSPS) is 13.4. The Morgan fingerprint density at radius 3 is 2.61 bits per heavy atom. The van der Waals surface area contributed by atoms with E-state index in [2.05, 4.69) is 10.3 Å². The Morgan fingerprint density at radius 2 is 2.00 bits per heavy atom. The van der Waals surface area contributed by atoms with Crippen LogP contribution in [0.3, 0.4) is 0 Å². The zero-order chi connectivity index (χ0) is 15.5. The van der Waals surface area contributed by atoms with Crippen LogP contribution < -0.4 is 33.3 Å². The summed E-state index contributed by atoms with van der Waals surface area (Å²) in [6, 6.07) is 11.2. The van der Waals surface area contributed by atoms with Crippen LogP contribution in [-0.2, 0) is 11.3 Å². The number of anilines is 3. The molecule has 8 heteroatoms. The average molecular weight is 355 g/mol. The number of halogens is 2. The zero-order valence-electron chi connectivity index (χ0n) is 12.2. The molecule has 3 rings (SSSR count). The SMILES string of the molecule is Nc1[nH+]c(NCc2ccc(Cl)cc2)ccc1N1CCOC1=O.[Cl-]. The van der Waals surface area contributed by atoms with Gasteiger partial charge in [0, 0.05) is 11.1 Å². The maximum absolute atomic E-state index is 11.6. The fourth-order valence-electron chi connectivity index (χ4n) is 2.25. The average Bonchev–Trinajstić information content (AvgIpc) is 2.93. The van der Waals surface area contributed by atoms with Gasteiger partial charge in [0.2, 0.25) is 11.6 Å². The number of nitrogens with two attached hydrogens (primary N) is 1. The van der Waals surface area contributed by atoms with E-state index in [4.69, 9.17) is 22.1 Å². The van der Waals surface area contributed by atoms with Gasteiger partial charge in [-0.25, -0.2) is 9.78 Å². The quantitative estimate of drug-likeness (QED) is 0.761. The number of benzene rings is 1. The summed E-state index contributed by atoms with van der Waals surface area (Å²) < 4.78 is 4.91. The second-order valence-corrected chi connectivity index (χ2v) is 5.35. The molecule has 0 unspecified atom stereocenters. The van der Waals surface area contributed by atoms with E-state index < -0.39 is 0 Å². The number of H-pyrrole nitrogens is 1. The van der Waals surface area contributed by atoms with Crippen molar-refractivity contribution in [3.8, 4) is 0 Å². The van der Waals surface area contributed by atoms with Crippen molar-refractivity contribution in [2.75, 3.05) is 29.1 Å². The van der Waals surface area contributed by atoms with E-state index in [1.54, 1.807) is 6.07 Å². The maximum atomic E-state index is 11.6. The smallest absolute Gasteiger partial charge is 0.414 e. The molecule has 1 aliphatic heterocycles. The van der Waals surface area contributed by atoms with E-state index in [-0.39, 0.29) is 18.5 Å². The fraction of sp³-hybridized carbons (Fsp3) is 0.200. The number of amides is 1. The zero-order valence-corrected chi connectivity index (χ0v) is 13.7. The van der Waals surface area contributed by atoms with E-state index in [0.717, 1.165) is 11.4 Å². The minimum atomic E-state index is -0.373. The van der Waals surface area contributed by atoms with Crippen molar-refractivity contribution in [1.29, 1.82) is 0 Å². The molecule has 23 heavy (non-hydrogen) atoms. The lowest BCUT2D eigenvalue weighted by molar-refractivity contribution is -0.342. The number of aromatic nitrogens is 1. The number of cyclic esters (lactones) is 1. The molecule has 1 aliphatic rings. The number of hydrogen-bond donors (Lipinski definition) is 2. The lowest BCUT2D eigenvalue weighted by Gasteiger charge is -2.13. The van der Waals surface area contributed by atoms with Gasteiger partial charge in [-0.05, 0) is 23.8 Å². The molecule has 0 saturated carbocycles. The highest BCUT2D eigenvalue weighted by Gasteiger charge is 2.27. The molecule has 0 radical (unpaired) electrons. The molecule has 6 nitrogen and oxygen atoms in total. The summed E-state index contributed by atoms with van der Waals surface area (Å²) in [6.45, 7) is 1.53. The van der Waals surface area contributed by atoms with Gasteiger partial charge in [-0.15, -0.1) is 0 Å². The number of aromatic amines is 1. The van der Waals surface area contributed by atoms with Gasteiger partial charge in [0.25, 0.3) is 0 Å². The molecule has 1 fully saturated rings. The molecule has 122 valence electrons. The molecule has 0 bridgehead atoms.